The highest BCUT2D eigenvalue weighted by molar-refractivity contribution is 6.30. The van der Waals surface area contributed by atoms with Gasteiger partial charge in [0.1, 0.15) is 5.75 Å². The van der Waals surface area contributed by atoms with Gasteiger partial charge in [-0.15, -0.1) is 0 Å². The Morgan fingerprint density at radius 2 is 1.66 bits per heavy atom. The van der Waals surface area contributed by atoms with E-state index in [1.165, 1.54) is 0 Å². The first-order valence-corrected chi connectivity index (χ1v) is 11.6. The Balaban J connectivity index is 1.52. The van der Waals surface area contributed by atoms with Crippen LogP contribution in [0.1, 0.15) is 21.6 Å². The summed E-state index contributed by atoms with van der Waals surface area (Å²) in [6.07, 6.45) is 0.114. The fourth-order valence-electron chi connectivity index (χ4n) is 4.43. The molecule has 1 N–H and O–H groups in total. The quantitative estimate of drug-likeness (QED) is 0.305. The number of halogens is 1. The monoisotopic (exact) mass is 482 g/mol. The van der Waals surface area contributed by atoms with E-state index in [1.807, 2.05) is 67.6 Å². The van der Waals surface area contributed by atoms with E-state index >= 15 is 0 Å². The molecule has 0 aliphatic carbocycles. The Morgan fingerprint density at radius 3 is 2.40 bits per heavy atom. The fourth-order valence-corrected chi connectivity index (χ4v) is 4.55. The molecule has 5 nitrogen and oxygen atoms in total. The van der Waals surface area contributed by atoms with Gasteiger partial charge >= 0.3 is 0 Å². The molecule has 0 atom stereocenters. The van der Waals surface area contributed by atoms with Crippen LogP contribution >= 0.6 is 11.6 Å². The van der Waals surface area contributed by atoms with Crippen molar-refractivity contribution in [2.24, 2.45) is 0 Å². The largest absolute Gasteiger partial charge is 0.497 e. The number of fused-ring (bicyclic) bond motifs is 2. The Hall–Kier alpha value is -4.09. The third-order valence-corrected chi connectivity index (χ3v) is 6.46. The molecule has 0 spiro atoms. The lowest BCUT2D eigenvalue weighted by Gasteiger charge is -2.09. The maximum atomic E-state index is 13.4. The molecule has 1 heterocycles. The summed E-state index contributed by atoms with van der Waals surface area (Å²) in [4.78, 5) is 26.6. The lowest BCUT2D eigenvalue weighted by molar-refractivity contribution is -0.115. The summed E-state index contributed by atoms with van der Waals surface area (Å²) in [6, 6.07) is 26.1. The highest BCUT2D eigenvalue weighted by Crippen LogP contribution is 2.31. The highest BCUT2D eigenvalue weighted by atomic mass is 35.5. The molecule has 6 heteroatoms. The molecule has 5 rings (SSSR count). The third-order valence-electron chi connectivity index (χ3n) is 6.21. The Labute approximate surface area is 207 Å². The minimum absolute atomic E-state index is 0.114. The lowest BCUT2D eigenvalue weighted by Crippen LogP contribution is -2.16. The average molecular weight is 483 g/mol. The number of benzene rings is 4. The second kappa shape index (κ2) is 9.28. The van der Waals surface area contributed by atoms with Crippen LogP contribution in [0.15, 0.2) is 84.9 Å². The molecule has 0 aliphatic rings. The SMILES string of the molecule is COc1ccc2c(c1)c(CC(=O)Nc1ccc3ccccc3c1)c(C)n2C(=O)c1ccc(Cl)cc1. The highest BCUT2D eigenvalue weighted by Gasteiger charge is 2.22. The van der Waals surface area contributed by atoms with Gasteiger partial charge in [0.25, 0.3) is 5.91 Å². The zero-order chi connectivity index (χ0) is 24.5. The van der Waals surface area contributed by atoms with Crippen molar-refractivity contribution < 1.29 is 14.3 Å². The van der Waals surface area contributed by atoms with Crippen molar-refractivity contribution in [2.45, 2.75) is 13.3 Å². The molecule has 0 saturated carbocycles. The summed E-state index contributed by atoms with van der Waals surface area (Å²) in [6.45, 7) is 1.86. The van der Waals surface area contributed by atoms with Gasteiger partial charge in [0.15, 0.2) is 0 Å². The van der Waals surface area contributed by atoms with Gasteiger partial charge in [-0.3, -0.25) is 14.2 Å². The van der Waals surface area contributed by atoms with E-state index in [2.05, 4.69) is 5.32 Å². The molecule has 0 bridgehead atoms. The zero-order valence-electron chi connectivity index (χ0n) is 19.3. The number of nitrogens with zero attached hydrogens (tertiary/aromatic N) is 1. The number of nitrogens with one attached hydrogen (secondary N) is 1. The van der Waals surface area contributed by atoms with Crippen LogP contribution in [0.2, 0.25) is 5.02 Å². The van der Waals surface area contributed by atoms with Crippen LogP contribution in [0.4, 0.5) is 5.69 Å². The Kier molecular flexibility index (Phi) is 6.01. The van der Waals surface area contributed by atoms with Crippen molar-refractivity contribution >= 4 is 50.8 Å². The number of carbonyl (C=O) groups excluding carboxylic acids is 2. The summed E-state index contributed by atoms with van der Waals surface area (Å²) < 4.78 is 7.07. The van der Waals surface area contributed by atoms with Crippen LogP contribution < -0.4 is 10.1 Å². The van der Waals surface area contributed by atoms with Crippen LogP contribution in [0.5, 0.6) is 5.75 Å². The molecular formula is C29H23ClN2O3. The minimum Gasteiger partial charge on any atom is -0.497 e. The predicted molar refractivity (Wildman–Crippen MR) is 141 cm³/mol. The maximum Gasteiger partial charge on any atom is 0.262 e. The summed E-state index contributed by atoms with van der Waals surface area (Å²) in [7, 11) is 1.59. The number of hydrogen-bond donors (Lipinski definition) is 1. The molecule has 5 aromatic rings. The van der Waals surface area contributed by atoms with Crippen LogP contribution in [0.3, 0.4) is 0 Å². The van der Waals surface area contributed by atoms with Gasteiger partial charge in [-0.05, 0) is 77.9 Å². The molecule has 0 fully saturated rings. The fraction of sp³-hybridized carbons (Fsp3) is 0.103. The van der Waals surface area contributed by atoms with Gasteiger partial charge in [-0.2, -0.15) is 0 Å². The standard InChI is InChI=1S/C29H23ClN2O3/c1-18-25(17-28(33)31-23-12-9-19-5-3-4-6-21(19)15-23)26-16-24(35-2)13-14-27(26)32(18)29(34)20-7-10-22(30)11-8-20/h3-16H,17H2,1-2H3,(H,31,33). The van der Waals surface area contributed by atoms with Crippen LogP contribution in [-0.4, -0.2) is 23.5 Å². The molecule has 174 valence electrons. The van der Waals surface area contributed by atoms with Crippen molar-refractivity contribution in [3.8, 4) is 5.75 Å². The lowest BCUT2D eigenvalue weighted by atomic mass is 10.1. The average Bonchev–Trinajstić information content (AvgIpc) is 3.14. The second-order valence-corrected chi connectivity index (χ2v) is 8.82. The van der Waals surface area contributed by atoms with E-state index in [9.17, 15) is 9.59 Å². The van der Waals surface area contributed by atoms with Crippen LogP contribution in [0, 0.1) is 6.92 Å². The smallest absolute Gasteiger partial charge is 0.262 e. The third kappa shape index (κ3) is 4.38. The van der Waals surface area contributed by atoms with Gasteiger partial charge in [-0.25, -0.2) is 0 Å². The molecule has 35 heavy (non-hydrogen) atoms. The number of carbonyl (C=O) groups is 2. The molecule has 0 saturated heterocycles. The van der Waals surface area contributed by atoms with Gasteiger partial charge in [-0.1, -0.05) is 41.9 Å². The van der Waals surface area contributed by atoms with Crippen molar-refractivity contribution in [2.75, 3.05) is 12.4 Å². The molecule has 0 aliphatic heterocycles. The Bertz CT molecular complexity index is 1590. The summed E-state index contributed by atoms with van der Waals surface area (Å²) >= 11 is 6.01. The van der Waals surface area contributed by atoms with Gasteiger partial charge in [0.2, 0.25) is 5.91 Å². The normalized spacial score (nSPS) is 11.1. The molecule has 0 unspecified atom stereocenters. The molecule has 0 radical (unpaired) electrons. The first-order chi connectivity index (χ1) is 16.9. The van der Waals surface area contributed by atoms with Crippen molar-refractivity contribution in [3.05, 3.63) is 107 Å². The number of ether oxygens (including phenoxy) is 1. The van der Waals surface area contributed by atoms with E-state index in [4.69, 9.17) is 16.3 Å². The van der Waals surface area contributed by atoms with Crippen LogP contribution in [0.25, 0.3) is 21.7 Å². The first-order valence-electron chi connectivity index (χ1n) is 11.2. The number of aromatic nitrogens is 1. The number of methoxy groups -OCH3 is 1. The topological polar surface area (TPSA) is 60.3 Å². The van der Waals surface area contributed by atoms with E-state index in [0.29, 0.717) is 22.0 Å². The summed E-state index contributed by atoms with van der Waals surface area (Å²) in [5, 5.41) is 6.53. The number of rotatable bonds is 5. The van der Waals surface area contributed by atoms with Crippen molar-refractivity contribution in [3.63, 3.8) is 0 Å². The summed E-state index contributed by atoms with van der Waals surface area (Å²) in [5.74, 6) is 0.310. The van der Waals surface area contributed by atoms with E-state index in [-0.39, 0.29) is 18.2 Å². The maximum absolute atomic E-state index is 13.4. The van der Waals surface area contributed by atoms with E-state index in [1.54, 1.807) is 35.9 Å². The van der Waals surface area contributed by atoms with Crippen molar-refractivity contribution in [1.82, 2.24) is 4.57 Å². The van der Waals surface area contributed by atoms with Crippen LogP contribution in [-0.2, 0) is 11.2 Å². The number of anilines is 1. The predicted octanol–water partition coefficient (Wildman–Crippen LogP) is 6.63. The van der Waals surface area contributed by atoms with E-state index in [0.717, 1.165) is 32.9 Å². The minimum atomic E-state index is -0.185. The molecule has 1 amide bonds. The second-order valence-electron chi connectivity index (χ2n) is 8.38. The summed E-state index contributed by atoms with van der Waals surface area (Å²) in [5.41, 5.74) is 3.44. The molecule has 4 aromatic carbocycles. The van der Waals surface area contributed by atoms with Gasteiger partial charge in [0, 0.05) is 27.4 Å². The molecular weight excluding hydrogens is 460 g/mol. The van der Waals surface area contributed by atoms with Gasteiger partial charge in [0.05, 0.1) is 19.0 Å². The first kappa shape index (κ1) is 22.7. The zero-order valence-corrected chi connectivity index (χ0v) is 20.1. The molecule has 1 aromatic heterocycles. The number of amides is 1. The van der Waals surface area contributed by atoms with Crippen molar-refractivity contribution in [1.29, 1.82) is 0 Å². The number of hydrogen-bond acceptors (Lipinski definition) is 3. The van der Waals surface area contributed by atoms with E-state index < -0.39 is 0 Å². The Morgan fingerprint density at radius 1 is 0.914 bits per heavy atom. The van der Waals surface area contributed by atoms with Gasteiger partial charge < -0.3 is 10.1 Å².